The van der Waals surface area contributed by atoms with Gasteiger partial charge in [-0.1, -0.05) is 348 Å². The zero-order valence-corrected chi connectivity index (χ0v) is 65.9. The Labute approximate surface area is 605 Å². The fourth-order valence-electron chi connectivity index (χ4n) is 11.9. The Morgan fingerprint density at radius 1 is 0.313 bits per heavy atom. The molecule has 0 heterocycles. The molecule has 99 heavy (non-hydrogen) atoms. The van der Waals surface area contributed by atoms with Gasteiger partial charge in [0.2, 0.25) is 0 Å². The number of carbonyl (C=O) groups excluding carboxylic acids is 4. The molecule has 0 aliphatic heterocycles. The Kier molecular flexibility index (Phi) is 70.7. The molecule has 0 aliphatic carbocycles. The van der Waals surface area contributed by atoms with Crippen molar-refractivity contribution in [3.8, 4) is 0 Å². The molecule has 19 heteroatoms. The first kappa shape index (κ1) is 96.5. The van der Waals surface area contributed by atoms with Gasteiger partial charge in [-0.15, -0.1) is 0 Å². The van der Waals surface area contributed by atoms with E-state index >= 15 is 0 Å². The number of hydrogen-bond donors (Lipinski definition) is 3. The molecule has 0 fully saturated rings. The Balaban J connectivity index is 5.19. The number of unbranched alkanes of at least 4 members (excludes halogenated alkanes) is 47. The summed E-state index contributed by atoms with van der Waals surface area (Å²) in [5, 5.41) is 10.6. The molecule has 0 radical (unpaired) electrons. The molecule has 5 atom stereocenters. The van der Waals surface area contributed by atoms with Gasteiger partial charge in [-0.05, 0) is 57.3 Å². The summed E-state index contributed by atoms with van der Waals surface area (Å²) in [5.41, 5.74) is 0. The number of esters is 4. The third-order valence-corrected chi connectivity index (χ3v) is 20.1. The van der Waals surface area contributed by atoms with E-state index in [1.807, 2.05) is 0 Å². The van der Waals surface area contributed by atoms with Gasteiger partial charge in [0.15, 0.2) is 12.2 Å². The lowest BCUT2D eigenvalue weighted by Gasteiger charge is -2.21. The number of rotatable bonds is 78. The van der Waals surface area contributed by atoms with Crippen LogP contribution in [0.15, 0.2) is 24.3 Å². The molecule has 0 bridgehead atoms. The van der Waals surface area contributed by atoms with Crippen LogP contribution in [-0.4, -0.2) is 96.7 Å². The highest BCUT2D eigenvalue weighted by molar-refractivity contribution is 7.47. The molecule has 0 spiro atoms. The van der Waals surface area contributed by atoms with Crippen LogP contribution in [0.2, 0.25) is 0 Å². The lowest BCUT2D eigenvalue weighted by Crippen LogP contribution is -2.30. The predicted molar refractivity (Wildman–Crippen MR) is 404 cm³/mol. The van der Waals surface area contributed by atoms with Crippen LogP contribution in [0.1, 0.15) is 401 Å². The minimum atomic E-state index is -4.97. The normalized spacial score (nSPS) is 14.0. The molecular weight excluding hydrogens is 1290 g/mol. The Hall–Kier alpha value is -2.46. The number of carbonyl (C=O) groups is 4. The molecule has 0 saturated carbocycles. The second kappa shape index (κ2) is 72.5. The molecule has 0 rings (SSSR count). The van der Waals surface area contributed by atoms with E-state index in [0.29, 0.717) is 25.7 Å². The number of ether oxygens (including phenoxy) is 4. The zero-order valence-electron chi connectivity index (χ0n) is 64.1. The van der Waals surface area contributed by atoms with E-state index in [0.717, 1.165) is 128 Å². The van der Waals surface area contributed by atoms with E-state index in [1.54, 1.807) is 0 Å². The van der Waals surface area contributed by atoms with Crippen molar-refractivity contribution in [3.05, 3.63) is 24.3 Å². The molecule has 3 N–H and O–H groups in total. The van der Waals surface area contributed by atoms with Crippen molar-refractivity contribution in [1.29, 1.82) is 0 Å². The molecule has 0 aromatic rings. The van der Waals surface area contributed by atoms with Gasteiger partial charge in [0.25, 0.3) is 0 Å². The Morgan fingerprint density at radius 3 is 0.828 bits per heavy atom. The van der Waals surface area contributed by atoms with Crippen LogP contribution < -0.4 is 0 Å². The van der Waals surface area contributed by atoms with Crippen LogP contribution in [-0.2, 0) is 65.4 Å². The number of phosphoric ester groups is 2. The van der Waals surface area contributed by atoms with Crippen LogP contribution in [0, 0.1) is 5.92 Å². The summed E-state index contributed by atoms with van der Waals surface area (Å²) in [7, 11) is -9.92. The van der Waals surface area contributed by atoms with Gasteiger partial charge in [-0.3, -0.25) is 37.3 Å². The highest BCUT2D eigenvalue weighted by atomic mass is 31.2. The standard InChI is InChI=1S/C80H152O17P2/c1-6-9-12-15-18-20-22-24-26-27-28-29-30-31-32-34-36-41-45-50-55-60-65-80(85)97-76(70-91-78(83)64-59-54-49-44-40-35-33-25-23-21-19-16-13-10-7-2)72-95-99(88,89)93-68-74(81)67-92-98(86,87)94-71-75(69-90-77(82)63-58-53-47-17-14-11-8-3)96-79(84)66-61-56-51-46-42-38-37-39-43-48-52-57-62-73(4)5/h21,23,25,33,73-76,81H,6-20,22,24,26-32,34-72H2,1-5H3,(H,86,87)(H,88,89)/b23-21-,33-25-/t74-,75+,76+/m0/s1. The molecule has 0 aliphatic rings. The molecular formula is C80H152O17P2. The maximum Gasteiger partial charge on any atom is 0.472 e. The van der Waals surface area contributed by atoms with Crippen molar-refractivity contribution in [2.24, 2.45) is 5.92 Å². The first-order chi connectivity index (χ1) is 48.0. The molecule has 17 nitrogen and oxygen atoms in total. The van der Waals surface area contributed by atoms with Crippen molar-refractivity contribution >= 4 is 39.5 Å². The van der Waals surface area contributed by atoms with Gasteiger partial charge in [-0.2, -0.15) is 0 Å². The van der Waals surface area contributed by atoms with Crippen LogP contribution in [0.25, 0.3) is 0 Å². The van der Waals surface area contributed by atoms with Crippen molar-refractivity contribution in [3.63, 3.8) is 0 Å². The van der Waals surface area contributed by atoms with E-state index in [-0.39, 0.29) is 25.7 Å². The lowest BCUT2D eigenvalue weighted by molar-refractivity contribution is -0.161. The number of phosphoric acid groups is 2. The second-order valence-corrected chi connectivity index (χ2v) is 31.5. The van der Waals surface area contributed by atoms with Crippen molar-refractivity contribution in [2.45, 2.75) is 419 Å². The predicted octanol–water partition coefficient (Wildman–Crippen LogP) is 23.6. The molecule has 584 valence electrons. The van der Waals surface area contributed by atoms with E-state index in [4.69, 9.17) is 37.0 Å². The fourth-order valence-corrected chi connectivity index (χ4v) is 13.4. The van der Waals surface area contributed by atoms with Crippen LogP contribution in [0.3, 0.4) is 0 Å². The largest absolute Gasteiger partial charge is 0.472 e. The van der Waals surface area contributed by atoms with Crippen molar-refractivity contribution in [1.82, 2.24) is 0 Å². The maximum atomic E-state index is 13.1. The fraction of sp³-hybridized carbons (Fsp3) is 0.900. The second-order valence-electron chi connectivity index (χ2n) is 28.6. The van der Waals surface area contributed by atoms with E-state index in [9.17, 15) is 43.2 Å². The van der Waals surface area contributed by atoms with Gasteiger partial charge in [-0.25, -0.2) is 9.13 Å². The monoisotopic (exact) mass is 1450 g/mol. The summed E-state index contributed by atoms with van der Waals surface area (Å²) in [6.45, 7) is 7.21. The van der Waals surface area contributed by atoms with Gasteiger partial charge < -0.3 is 33.8 Å². The van der Waals surface area contributed by atoms with E-state index in [2.05, 4.69) is 58.9 Å². The number of aliphatic hydroxyl groups excluding tert-OH is 1. The highest BCUT2D eigenvalue weighted by Gasteiger charge is 2.30. The van der Waals surface area contributed by atoms with Crippen molar-refractivity contribution < 1.29 is 80.2 Å². The van der Waals surface area contributed by atoms with Crippen molar-refractivity contribution in [2.75, 3.05) is 39.6 Å². The van der Waals surface area contributed by atoms with E-state index in [1.165, 1.54) is 193 Å². The first-order valence-electron chi connectivity index (χ1n) is 41.0. The minimum absolute atomic E-state index is 0.102. The van der Waals surface area contributed by atoms with Crippen LogP contribution in [0.5, 0.6) is 0 Å². The first-order valence-corrected chi connectivity index (χ1v) is 43.9. The molecule has 2 unspecified atom stereocenters. The topological polar surface area (TPSA) is 237 Å². The molecule has 0 aromatic carbocycles. The number of allylic oxidation sites excluding steroid dienone is 4. The van der Waals surface area contributed by atoms with E-state index < -0.39 is 97.5 Å². The average molecular weight is 1450 g/mol. The third kappa shape index (κ3) is 73.6. The number of hydrogen-bond acceptors (Lipinski definition) is 15. The summed E-state index contributed by atoms with van der Waals surface area (Å²) in [4.78, 5) is 72.8. The smallest absolute Gasteiger partial charge is 0.462 e. The average Bonchev–Trinajstić information content (AvgIpc) is 0.976. The maximum absolute atomic E-state index is 13.1. The third-order valence-electron chi connectivity index (χ3n) is 18.2. The number of aliphatic hydroxyl groups is 1. The van der Waals surface area contributed by atoms with Gasteiger partial charge in [0.1, 0.15) is 19.3 Å². The minimum Gasteiger partial charge on any atom is -0.462 e. The summed E-state index contributed by atoms with van der Waals surface area (Å²) in [5.74, 6) is -1.37. The molecule has 0 amide bonds. The van der Waals surface area contributed by atoms with Gasteiger partial charge >= 0.3 is 39.5 Å². The summed E-state index contributed by atoms with van der Waals surface area (Å²) in [6.07, 6.45) is 66.3. The summed E-state index contributed by atoms with van der Waals surface area (Å²) < 4.78 is 68.5. The summed E-state index contributed by atoms with van der Waals surface area (Å²) in [6, 6.07) is 0. The van der Waals surface area contributed by atoms with Gasteiger partial charge in [0, 0.05) is 25.7 Å². The zero-order chi connectivity index (χ0) is 72.7. The quantitative estimate of drug-likeness (QED) is 0.0169. The Morgan fingerprint density at radius 2 is 0.545 bits per heavy atom. The molecule has 0 aromatic heterocycles. The van der Waals surface area contributed by atoms with Crippen LogP contribution in [0.4, 0.5) is 0 Å². The summed E-state index contributed by atoms with van der Waals surface area (Å²) >= 11 is 0. The lowest BCUT2D eigenvalue weighted by atomic mass is 10.0. The molecule has 0 saturated heterocycles. The highest BCUT2D eigenvalue weighted by Crippen LogP contribution is 2.45. The van der Waals surface area contributed by atoms with Gasteiger partial charge in [0.05, 0.1) is 26.4 Å². The SMILES string of the molecule is CCCCCC/C=C\C=C/CCCCCCCC(=O)OC[C@H](COP(=O)(O)OC[C@@H](O)COP(=O)(O)OC[C@@H](COC(=O)CCCCCCCCC)OC(=O)CCCCCCCCCCCCCCC(C)C)OC(=O)CCCCCCCCCCCCCCCCCCCCCCCC. The van der Waals surface area contributed by atoms with Crippen LogP contribution >= 0.6 is 15.6 Å². The Bertz CT molecular complexity index is 1990.